The van der Waals surface area contributed by atoms with E-state index >= 15 is 0 Å². The molecule has 1 N–H and O–H groups in total. The average Bonchev–Trinajstić information content (AvgIpc) is 2.53. The average molecular weight is 298 g/mol. The normalized spacial score (nSPS) is 11.0. The van der Waals surface area contributed by atoms with Gasteiger partial charge in [0, 0.05) is 23.9 Å². The quantitative estimate of drug-likeness (QED) is 0.891. The molecular weight excluding hydrogens is 276 g/mol. The molecule has 0 saturated heterocycles. The van der Waals surface area contributed by atoms with E-state index in [1.807, 2.05) is 56.3 Å². The second-order valence-corrected chi connectivity index (χ2v) is 5.69. The van der Waals surface area contributed by atoms with E-state index in [1.54, 1.807) is 13.3 Å². The number of carbonyl (C=O) groups excluding carboxylic acids is 1. The minimum atomic E-state index is -0.492. The molecule has 116 valence electrons. The van der Waals surface area contributed by atoms with E-state index in [0.29, 0.717) is 12.8 Å². The highest BCUT2D eigenvalue weighted by Crippen LogP contribution is 2.29. The minimum absolute atomic E-state index is 0.00144. The minimum Gasteiger partial charge on any atom is -0.496 e. The van der Waals surface area contributed by atoms with Crippen molar-refractivity contribution in [3.05, 3.63) is 59.9 Å². The molecule has 4 nitrogen and oxygen atoms in total. The highest BCUT2D eigenvalue weighted by molar-refractivity contribution is 5.77. The van der Waals surface area contributed by atoms with Gasteiger partial charge in [-0.15, -0.1) is 0 Å². The summed E-state index contributed by atoms with van der Waals surface area (Å²) in [6, 6.07) is 13.5. The summed E-state index contributed by atoms with van der Waals surface area (Å²) >= 11 is 0. The first-order valence-electron chi connectivity index (χ1n) is 7.37. The van der Waals surface area contributed by atoms with Crippen LogP contribution in [-0.4, -0.2) is 18.0 Å². The fourth-order valence-electron chi connectivity index (χ4n) is 2.43. The lowest BCUT2D eigenvalue weighted by Crippen LogP contribution is -2.41. The Balaban J connectivity index is 2.00. The summed E-state index contributed by atoms with van der Waals surface area (Å²) in [5.74, 6) is 0.777. The molecule has 0 aliphatic carbocycles. The van der Waals surface area contributed by atoms with Gasteiger partial charge in [0.05, 0.1) is 12.6 Å². The van der Waals surface area contributed by atoms with Crippen LogP contribution in [0.15, 0.2) is 48.7 Å². The van der Waals surface area contributed by atoms with Crippen molar-refractivity contribution in [2.45, 2.75) is 32.2 Å². The van der Waals surface area contributed by atoms with Crippen LogP contribution in [0.3, 0.4) is 0 Å². The van der Waals surface area contributed by atoms with Crippen molar-refractivity contribution in [2.75, 3.05) is 7.11 Å². The number of hydrogen-bond donors (Lipinski definition) is 1. The standard InChI is InChI=1S/C18H22N2O2/c1-18(2,15-9-4-5-10-16(15)22-3)20-17(21)12-11-14-8-6-7-13-19-14/h4-10,13H,11-12H2,1-3H3,(H,20,21). The van der Waals surface area contributed by atoms with Gasteiger partial charge in [0.1, 0.15) is 5.75 Å². The molecule has 2 rings (SSSR count). The Morgan fingerprint density at radius 1 is 1.18 bits per heavy atom. The number of aryl methyl sites for hydroxylation is 1. The van der Waals surface area contributed by atoms with E-state index in [9.17, 15) is 4.79 Å². The van der Waals surface area contributed by atoms with Gasteiger partial charge in [0.2, 0.25) is 5.91 Å². The van der Waals surface area contributed by atoms with Crippen molar-refractivity contribution in [1.29, 1.82) is 0 Å². The van der Waals surface area contributed by atoms with E-state index < -0.39 is 5.54 Å². The van der Waals surface area contributed by atoms with Crippen LogP contribution in [0, 0.1) is 0 Å². The molecule has 0 atom stereocenters. The van der Waals surface area contributed by atoms with Crippen LogP contribution < -0.4 is 10.1 Å². The Kier molecular flexibility index (Phi) is 5.15. The van der Waals surface area contributed by atoms with Gasteiger partial charge in [-0.2, -0.15) is 0 Å². The lowest BCUT2D eigenvalue weighted by atomic mass is 9.93. The van der Waals surface area contributed by atoms with Gasteiger partial charge in [-0.3, -0.25) is 9.78 Å². The van der Waals surface area contributed by atoms with Gasteiger partial charge in [0.25, 0.3) is 0 Å². The number of ether oxygens (including phenoxy) is 1. The van der Waals surface area contributed by atoms with Crippen LogP contribution in [0.5, 0.6) is 5.75 Å². The number of aromatic nitrogens is 1. The summed E-state index contributed by atoms with van der Waals surface area (Å²) in [6.07, 6.45) is 2.79. The number of nitrogens with one attached hydrogen (secondary N) is 1. The molecule has 0 spiro atoms. The molecule has 0 saturated carbocycles. The molecule has 1 amide bonds. The molecular formula is C18H22N2O2. The Morgan fingerprint density at radius 2 is 1.91 bits per heavy atom. The first-order chi connectivity index (χ1) is 10.5. The zero-order valence-electron chi connectivity index (χ0n) is 13.3. The molecule has 1 aromatic carbocycles. The molecule has 0 fully saturated rings. The van der Waals surface area contributed by atoms with Gasteiger partial charge in [-0.05, 0) is 38.5 Å². The summed E-state index contributed by atoms with van der Waals surface area (Å²) in [6.45, 7) is 3.95. The largest absolute Gasteiger partial charge is 0.496 e. The second kappa shape index (κ2) is 7.07. The first kappa shape index (κ1) is 16.0. The second-order valence-electron chi connectivity index (χ2n) is 5.69. The van der Waals surface area contributed by atoms with Crippen molar-refractivity contribution >= 4 is 5.91 Å². The van der Waals surface area contributed by atoms with Crippen molar-refractivity contribution in [1.82, 2.24) is 10.3 Å². The third-order valence-electron chi connectivity index (χ3n) is 3.57. The van der Waals surface area contributed by atoms with E-state index in [4.69, 9.17) is 4.74 Å². The number of carbonyl (C=O) groups is 1. The molecule has 0 aliphatic heterocycles. The maximum atomic E-state index is 12.2. The molecule has 0 aliphatic rings. The molecule has 22 heavy (non-hydrogen) atoms. The zero-order chi connectivity index (χ0) is 16.0. The van der Waals surface area contributed by atoms with Gasteiger partial charge < -0.3 is 10.1 Å². The molecule has 1 heterocycles. The maximum absolute atomic E-state index is 12.2. The highest BCUT2D eigenvalue weighted by atomic mass is 16.5. The smallest absolute Gasteiger partial charge is 0.221 e. The number of hydrogen-bond acceptors (Lipinski definition) is 3. The van der Waals surface area contributed by atoms with Crippen LogP contribution in [0.1, 0.15) is 31.5 Å². The Morgan fingerprint density at radius 3 is 2.59 bits per heavy atom. The van der Waals surface area contributed by atoms with Gasteiger partial charge in [-0.25, -0.2) is 0 Å². The van der Waals surface area contributed by atoms with Crippen molar-refractivity contribution < 1.29 is 9.53 Å². The molecule has 2 aromatic rings. The van der Waals surface area contributed by atoms with Crippen LogP contribution in [0.25, 0.3) is 0 Å². The maximum Gasteiger partial charge on any atom is 0.221 e. The SMILES string of the molecule is COc1ccccc1C(C)(C)NC(=O)CCc1ccccn1. The number of para-hydroxylation sites is 1. The fraction of sp³-hybridized carbons (Fsp3) is 0.333. The van der Waals surface area contributed by atoms with Crippen LogP contribution in [-0.2, 0) is 16.8 Å². The third kappa shape index (κ3) is 4.07. The Labute approximate surface area is 131 Å². The highest BCUT2D eigenvalue weighted by Gasteiger charge is 2.25. The van der Waals surface area contributed by atoms with Crippen molar-refractivity contribution in [3.8, 4) is 5.75 Å². The van der Waals surface area contributed by atoms with E-state index in [2.05, 4.69) is 10.3 Å². The first-order valence-corrected chi connectivity index (χ1v) is 7.37. The molecule has 0 bridgehead atoms. The third-order valence-corrected chi connectivity index (χ3v) is 3.57. The fourth-order valence-corrected chi connectivity index (χ4v) is 2.43. The van der Waals surface area contributed by atoms with Crippen LogP contribution in [0.4, 0.5) is 0 Å². The van der Waals surface area contributed by atoms with E-state index in [1.165, 1.54) is 0 Å². The number of rotatable bonds is 6. The lowest BCUT2D eigenvalue weighted by molar-refractivity contribution is -0.122. The summed E-state index contributed by atoms with van der Waals surface area (Å²) in [4.78, 5) is 16.5. The topological polar surface area (TPSA) is 51.2 Å². The molecule has 0 radical (unpaired) electrons. The monoisotopic (exact) mass is 298 g/mol. The molecule has 4 heteroatoms. The number of amides is 1. The summed E-state index contributed by atoms with van der Waals surface area (Å²) in [5.41, 5.74) is 1.39. The van der Waals surface area contributed by atoms with E-state index in [0.717, 1.165) is 17.0 Å². The van der Waals surface area contributed by atoms with Gasteiger partial charge in [-0.1, -0.05) is 24.3 Å². The predicted octanol–water partition coefficient (Wildman–Crippen LogP) is 3.07. The Bertz CT molecular complexity index is 624. The number of methoxy groups -OCH3 is 1. The van der Waals surface area contributed by atoms with Crippen molar-refractivity contribution in [2.24, 2.45) is 0 Å². The van der Waals surface area contributed by atoms with Crippen LogP contribution in [0.2, 0.25) is 0 Å². The number of nitrogens with zero attached hydrogens (tertiary/aromatic N) is 1. The van der Waals surface area contributed by atoms with Gasteiger partial charge in [0.15, 0.2) is 0 Å². The number of benzene rings is 1. The molecule has 1 aromatic heterocycles. The summed E-state index contributed by atoms with van der Waals surface area (Å²) in [7, 11) is 1.64. The number of pyridine rings is 1. The summed E-state index contributed by atoms with van der Waals surface area (Å²) < 4.78 is 5.38. The van der Waals surface area contributed by atoms with Crippen LogP contribution >= 0.6 is 0 Å². The summed E-state index contributed by atoms with van der Waals surface area (Å²) in [5, 5.41) is 3.07. The van der Waals surface area contributed by atoms with Gasteiger partial charge >= 0.3 is 0 Å². The Hall–Kier alpha value is -2.36. The predicted molar refractivity (Wildman–Crippen MR) is 86.7 cm³/mol. The zero-order valence-corrected chi connectivity index (χ0v) is 13.3. The van der Waals surface area contributed by atoms with E-state index in [-0.39, 0.29) is 5.91 Å². The van der Waals surface area contributed by atoms with Crippen molar-refractivity contribution in [3.63, 3.8) is 0 Å². The molecule has 0 unspecified atom stereocenters. The lowest BCUT2D eigenvalue weighted by Gasteiger charge is -2.28.